The van der Waals surface area contributed by atoms with Crippen LogP contribution in [0.1, 0.15) is 6.92 Å². The molecule has 0 unspecified atom stereocenters. The fraction of sp³-hybridized carbons (Fsp3) is 1.00. The minimum Gasteiger partial charge on any atom is -0.316 e. The average Bonchev–Trinajstić information content (AvgIpc) is 1.87. The molecular weight excluding hydrogens is 138 g/mol. The summed E-state index contributed by atoms with van der Waals surface area (Å²) in [5.74, 6) is 0. The third-order valence-electron chi connectivity index (χ3n) is 1.24. The third-order valence-corrected chi connectivity index (χ3v) is 1.24. The van der Waals surface area contributed by atoms with Gasteiger partial charge in [-0.2, -0.15) is 0 Å². The lowest BCUT2D eigenvalue weighted by atomic mass is 10.3. The Kier molecular flexibility index (Phi) is 5.43. The standard InChI is InChI=1S/C6H14F2N2/c1-5(9-2)3-10-4-6(7)8/h5-6,9-10H,3-4H2,1-2H3/t5-/m1/s1. The highest BCUT2D eigenvalue weighted by molar-refractivity contribution is 4.60. The molecule has 0 saturated heterocycles. The van der Waals surface area contributed by atoms with Gasteiger partial charge in [-0.15, -0.1) is 0 Å². The molecule has 4 heteroatoms. The maximum absolute atomic E-state index is 11.5. The van der Waals surface area contributed by atoms with E-state index in [9.17, 15) is 8.78 Å². The predicted octanol–water partition coefficient (Wildman–Crippen LogP) is 0.449. The van der Waals surface area contributed by atoms with Crippen LogP contribution in [0.5, 0.6) is 0 Å². The van der Waals surface area contributed by atoms with Gasteiger partial charge in [-0.05, 0) is 14.0 Å². The monoisotopic (exact) mass is 152 g/mol. The van der Waals surface area contributed by atoms with Crippen molar-refractivity contribution in [1.82, 2.24) is 10.6 Å². The second-order valence-corrected chi connectivity index (χ2v) is 2.24. The molecule has 2 nitrogen and oxygen atoms in total. The molecule has 0 aromatic heterocycles. The lowest BCUT2D eigenvalue weighted by Gasteiger charge is -2.10. The summed E-state index contributed by atoms with van der Waals surface area (Å²) in [7, 11) is 1.80. The zero-order valence-corrected chi connectivity index (χ0v) is 6.32. The van der Waals surface area contributed by atoms with Crippen molar-refractivity contribution in [3.05, 3.63) is 0 Å². The summed E-state index contributed by atoms with van der Waals surface area (Å²) in [6.45, 7) is 2.30. The largest absolute Gasteiger partial charge is 0.316 e. The lowest BCUT2D eigenvalue weighted by molar-refractivity contribution is 0.145. The van der Waals surface area contributed by atoms with Crippen molar-refractivity contribution < 1.29 is 8.78 Å². The number of likely N-dealkylation sites (N-methyl/N-ethyl adjacent to an activating group) is 1. The summed E-state index contributed by atoms with van der Waals surface area (Å²) in [6.07, 6.45) is -2.25. The van der Waals surface area contributed by atoms with E-state index in [0.29, 0.717) is 6.54 Å². The minimum absolute atomic E-state index is 0.216. The first kappa shape index (κ1) is 9.78. The zero-order chi connectivity index (χ0) is 7.98. The Bertz CT molecular complexity index is 78.1. The summed E-state index contributed by atoms with van der Waals surface area (Å²) < 4.78 is 23.0. The van der Waals surface area contributed by atoms with Gasteiger partial charge in [0.05, 0.1) is 6.54 Å². The second-order valence-electron chi connectivity index (χ2n) is 2.24. The van der Waals surface area contributed by atoms with Gasteiger partial charge in [-0.1, -0.05) is 0 Å². The minimum atomic E-state index is -2.25. The van der Waals surface area contributed by atoms with E-state index in [1.54, 1.807) is 7.05 Å². The van der Waals surface area contributed by atoms with E-state index in [-0.39, 0.29) is 12.6 Å². The van der Waals surface area contributed by atoms with Crippen LogP contribution in [0, 0.1) is 0 Å². The highest BCUT2D eigenvalue weighted by atomic mass is 19.3. The Hall–Kier alpha value is -0.220. The van der Waals surface area contributed by atoms with Crippen LogP contribution in [0.2, 0.25) is 0 Å². The van der Waals surface area contributed by atoms with Crippen LogP contribution in [0.25, 0.3) is 0 Å². The number of hydrogen-bond donors (Lipinski definition) is 2. The molecule has 0 aliphatic heterocycles. The van der Waals surface area contributed by atoms with Crippen LogP contribution in [0.3, 0.4) is 0 Å². The number of hydrogen-bond acceptors (Lipinski definition) is 2. The van der Waals surface area contributed by atoms with Gasteiger partial charge in [0.15, 0.2) is 0 Å². The molecular formula is C6H14F2N2. The molecule has 1 atom stereocenters. The number of nitrogens with one attached hydrogen (secondary N) is 2. The van der Waals surface area contributed by atoms with Crippen LogP contribution >= 0.6 is 0 Å². The van der Waals surface area contributed by atoms with E-state index >= 15 is 0 Å². The lowest BCUT2D eigenvalue weighted by Crippen LogP contribution is -2.35. The molecule has 0 heterocycles. The van der Waals surface area contributed by atoms with E-state index in [1.807, 2.05) is 6.92 Å². The number of halogens is 2. The van der Waals surface area contributed by atoms with Gasteiger partial charge in [-0.3, -0.25) is 0 Å². The van der Waals surface area contributed by atoms with E-state index in [1.165, 1.54) is 0 Å². The van der Waals surface area contributed by atoms with E-state index in [0.717, 1.165) is 0 Å². The van der Waals surface area contributed by atoms with Crippen molar-refractivity contribution in [3.8, 4) is 0 Å². The molecule has 10 heavy (non-hydrogen) atoms. The van der Waals surface area contributed by atoms with Crippen molar-refractivity contribution >= 4 is 0 Å². The maximum atomic E-state index is 11.5. The Morgan fingerprint density at radius 1 is 1.30 bits per heavy atom. The SMILES string of the molecule is CN[C@H](C)CNCC(F)F. The Labute approximate surface area is 60.0 Å². The molecule has 0 aliphatic carbocycles. The topological polar surface area (TPSA) is 24.1 Å². The van der Waals surface area contributed by atoms with Gasteiger partial charge < -0.3 is 10.6 Å². The van der Waals surface area contributed by atoms with Crippen LogP contribution in [0.4, 0.5) is 8.78 Å². The van der Waals surface area contributed by atoms with Gasteiger partial charge in [0.25, 0.3) is 6.43 Å². The molecule has 2 N–H and O–H groups in total. The van der Waals surface area contributed by atoms with Crippen molar-refractivity contribution in [2.45, 2.75) is 19.4 Å². The van der Waals surface area contributed by atoms with Crippen LogP contribution in [0.15, 0.2) is 0 Å². The number of alkyl halides is 2. The molecule has 0 aromatic carbocycles. The molecule has 0 fully saturated rings. The van der Waals surface area contributed by atoms with Crippen LogP contribution in [-0.2, 0) is 0 Å². The zero-order valence-electron chi connectivity index (χ0n) is 6.32. The first-order valence-electron chi connectivity index (χ1n) is 3.33. The van der Waals surface area contributed by atoms with E-state index in [4.69, 9.17) is 0 Å². The summed E-state index contributed by atoms with van der Waals surface area (Å²) in [5.41, 5.74) is 0. The van der Waals surface area contributed by atoms with Crippen LogP contribution in [-0.4, -0.2) is 32.6 Å². The van der Waals surface area contributed by atoms with E-state index < -0.39 is 6.43 Å². The van der Waals surface area contributed by atoms with Gasteiger partial charge in [-0.25, -0.2) is 8.78 Å². The molecule has 62 valence electrons. The van der Waals surface area contributed by atoms with Gasteiger partial charge in [0, 0.05) is 12.6 Å². The summed E-state index contributed by atoms with van der Waals surface area (Å²) in [6, 6.07) is 0.249. The van der Waals surface area contributed by atoms with Gasteiger partial charge >= 0.3 is 0 Å². The highest BCUT2D eigenvalue weighted by Gasteiger charge is 2.01. The molecule has 0 radical (unpaired) electrons. The summed E-state index contributed by atoms with van der Waals surface area (Å²) >= 11 is 0. The Balaban J connectivity index is 3.03. The van der Waals surface area contributed by atoms with Crippen molar-refractivity contribution in [3.63, 3.8) is 0 Å². The Morgan fingerprint density at radius 2 is 1.90 bits per heavy atom. The van der Waals surface area contributed by atoms with Crippen LogP contribution < -0.4 is 10.6 Å². The molecule has 0 aliphatic rings. The second kappa shape index (κ2) is 5.56. The summed E-state index contributed by atoms with van der Waals surface area (Å²) in [4.78, 5) is 0. The fourth-order valence-electron chi connectivity index (χ4n) is 0.511. The molecule has 0 rings (SSSR count). The molecule has 0 spiro atoms. The fourth-order valence-corrected chi connectivity index (χ4v) is 0.511. The smallest absolute Gasteiger partial charge is 0.250 e. The molecule has 0 bridgehead atoms. The van der Waals surface area contributed by atoms with Gasteiger partial charge in [0.2, 0.25) is 0 Å². The molecule has 0 amide bonds. The summed E-state index contributed by atoms with van der Waals surface area (Å²) in [5, 5.41) is 5.55. The molecule has 0 aromatic rings. The normalized spacial score (nSPS) is 14.1. The van der Waals surface area contributed by atoms with Crippen molar-refractivity contribution in [1.29, 1.82) is 0 Å². The average molecular weight is 152 g/mol. The van der Waals surface area contributed by atoms with Crippen molar-refractivity contribution in [2.24, 2.45) is 0 Å². The quantitative estimate of drug-likeness (QED) is 0.597. The first-order valence-corrected chi connectivity index (χ1v) is 3.33. The highest BCUT2D eigenvalue weighted by Crippen LogP contribution is 1.87. The first-order chi connectivity index (χ1) is 4.66. The molecule has 0 saturated carbocycles. The van der Waals surface area contributed by atoms with Gasteiger partial charge in [0.1, 0.15) is 0 Å². The third kappa shape index (κ3) is 5.91. The number of rotatable bonds is 5. The van der Waals surface area contributed by atoms with E-state index in [2.05, 4.69) is 10.6 Å². The predicted molar refractivity (Wildman–Crippen MR) is 37.4 cm³/mol. The van der Waals surface area contributed by atoms with Crippen molar-refractivity contribution in [2.75, 3.05) is 20.1 Å². The Morgan fingerprint density at radius 3 is 2.30 bits per heavy atom. The maximum Gasteiger partial charge on any atom is 0.250 e.